The van der Waals surface area contributed by atoms with E-state index in [0.29, 0.717) is 0 Å². The summed E-state index contributed by atoms with van der Waals surface area (Å²) in [5, 5.41) is 10.8. The highest BCUT2D eigenvalue weighted by Gasteiger charge is 2.28. The first-order valence-corrected chi connectivity index (χ1v) is 19.0. The highest BCUT2D eigenvalue weighted by Crippen LogP contribution is 2.41. The lowest BCUT2D eigenvalue weighted by atomic mass is 9.56. The van der Waals surface area contributed by atoms with Gasteiger partial charge in [0, 0.05) is 10.8 Å². The van der Waals surface area contributed by atoms with Crippen molar-refractivity contribution >= 4 is 254 Å². The first-order chi connectivity index (χ1) is 24.6. The van der Waals surface area contributed by atoms with E-state index in [1.165, 1.54) is 147 Å². The van der Waals surface area contributed by atoms with Gasteiger partial charge in [0.25, 0.3) is 0 Å². The zero-order valence-electron chi connectivity index (χ0n) is 33.9. The maximum atomic E-state index is 6.36. The zero-order chi connectivity index (χ0) is 37.4. The van der Waals surface area contributed by atoms with Crippen molar-refractivity contribution in [3.63, 3.8) is 0 Å². The van der Waals surface area contributed by atoms with E-state index < -0.39 is 0 Å². The van der Waals surface area contributed by atoms with Crippen LogP contribution in [0, 0.1) is 0 Å². The summed E-state index contributed by atoms with van der Waals surface area (Å²) in [5.41, 5.74) is 28.2. The molecule has 8 aromatic rings. The number of para-hydroxylation sites is 1. The Labute approximate surface area is 321 Å². The maximum absolute atomic E-state index is 6.36. The summed E-state index contributed by atoms with van der Waals surface area (Å²) in [6, 6.07) is 15.3. The molecular formula is C36H37B15O. The van der Waals surface area contributed by atoms with Crippen LogP contribution in [0.2, 0.25) is 0 Å². The number of hydrogen-bond acceptors (Lipinski definition) is 1. The lowest BCUT2D eigenvalue weighted by molar-refractivity contribution is 0.669. The van der Waals surface area contributed by atoms with Crippen molar-refractivity contribution in [2.75, 3.05) is 0 Å². The molecule has 0 unspecified atom stereocenters. The van der Waals surface area contributed by atoms with Gasteiger partial charge in [-0.2, -0.15) is 0 Å². The molecule has 52 heavy (non-hydrogen) atoms. The third-order valence-electron chi connectivity index (χ3n) is 14.0. The Morgan fingerprint density at radius 2 is 0.673 bits per heavy atom. The summed E-state index contributed by atoms with van der Waals surface area (Å²) in [6.07, 6.45) is 0. The third-order valence-corrected chi connectivity index (χ3v) is 14.0. The van der Waals surface area contributed by atoms with Gasteiger partial charge < -0.3 is 4.42 Å². The summed E-state index contributed by atoms with van der Waals surface area (Å²) >= 11 is 0. The average molecular weight is 648 g/mol. The molecule has 1 heterocycles. The second kappa shape index (κ2) is 12.1. The van der Waals surface area contributed by atoms with Crippen molar-refractivity contribution < 1.29 is 4.42 Å². The van der Waals surface area contributed by atoms with Crippen LogP contribution in [0.25, 0.3) is 76.5 Å². The molecule has 0 fully saturated rings. The molecule has 0 amide bonds. The summed E-state index contributed by atoms with van der Waals surface area (Å²) in [4.78, 5) is 0. The Kier molecular flexibility index (Phi) is 8.15. The van der Waals surface area contributed by atoms with Crippen LogP contribution in [0.3, 0.4) is 0 Å². The maximum Gasteiger partial charge on any atom is 0.140 e. The molecule has 7 aromatic carbocycles. The highest BCUT2D eigenvalue weighted by molar-refractivity contribution is 6.75. The molecule has 1 aromatic heterocycles. The largest absolute Gasteiger partial charge is 0.456 e. The molecule has 0 N–H and O–H groups in total. The summed E-state index contributed by atoms with van der Waals surface area (Å²) in [7, 11) is 35.2. The Balaban J connectivity index is 1.71. The molecule has 8 rings (SSSR count). The molecule has 0 bridgehead atoms. The van der Waals surface area contributed by atoms with Crippen LogP contribution in [-0.2, 0) is 0 Å². The van der Waals surface area contributed by atoms with Crippen molar-refractivity contribution in [1.29, 1.82) is 0 Å². The van der Waals surface area contributed by atoms with E-state index in [1.54, 1.807) is 0 Å². The normalized spacial score (nSPS) is 11.8. The van der Waals surface area contributed by atoms with E-state index in [0.717, 1.165) is 11.2 Å². The Bertz CT molecular complexity index is 2890. The minimum atomic E-state index is 0.934. The molecule has 0 saturated heterocycles. The SMILES string of the molecule is Bc1c(B)c(B)c2c(B)c(-c3c4c(B)c(B)c(B)c(B)c4c(-c4ccc5oc6ccccc6c5c4)c4c(B)c(B)c(B)c(B)c34)c(B)c(B)c2c1B. The van der Waals surface area contributed by atoms with Crippen LogP contribution in [0.5, 0.6) is 0 Å². The van der Waals surface area contributed by atoms with Gasteiger partial charge in [0.15, 0.2) is 0 Å². The molecule has 0 radical (unpaired) electrons. The van der Waals surface area contributed by atoms with Crippen LogP contribution >= 0.6 is 0 Å². The summed E-state index contributed by atoms with van der Waals surface area (Å²) in [5.74, 6) is 0. The van der Waals surface area contributed by atoms with Crippen molar-refractivity contribution in [1.82, 2.24) is 0 Å². The minimum Gasteiger partial charge on any atom is -0.456 e. The van der Waals surface area contributed by atoms with Crippen molar-refractivity contribution in [2.24, 2.45) is 0 Å². The predicted octanol–water partition coefficient (Wildman–Crippen LogP) is -15.7. The standard InChI is InChI=1S/C36H37B15O/c37-22-19(27(42)28(43)21-20(22)29(44)35(50)36(51)30(21)45)14-17-15(23(38)31(46)33(48)25(17)40)13(16-18(14)26(41)34(49)32(47)24(16)39)8-5-6-12-10(7-8)9-3-1-2-4-11(9)52-12/h1-7H,37-51H2. The van der Waals surface area contributed by atoms with Crippen molar-refractivity contribution in [3.8, 4) is 22.3 Å². The van der Waals surface area contributed by atoms with E-state index in [1.807, 2.05) is 0 Å². The first-order valence-electron chi connectivity index (χ1n) is 19.0. The van der Waals surface area contributed by atoms with Gasteiger partial charge in [0.2, 0.25) is 0 Å². The van der Waals surface area contributed by atoms with Gasteiger partial charge in [-0.15, -0.1) is 32.8 Å². The van der Waals surface area contributed by atoms with Crippen molar-refractivity contribution in [3.05, 3.63) is 42.5 Å². The molecule has 16 heteroatoms. The van der Waals surface area contributed by atoms with Crippen LogP contribution in [0.1, 0.15) is 0 Å². The summed E-state index contributed by atoms with van der Waals surface area (Å²) < 4.78 is 6.36. The lowest BCUT2D eigenvalue weighted by Gasteiger charge is -2.31. The first kappa shape index (κ1) is 35.1. The van der Waals surface area contributed by atoms with Gasteiger partial charge in [0.05, 0.1) is 0 Å². The molecule has 0 spiro atoms. The minimum absolute atomic E-state index is 0.934. The number of benzene rings is 7. The van der Waals surface area contributed by atoms with Gasteiger partial charge in [-0.3, -0.25) is 0 Å². The predicted molar refractivity (Wildman–Crippen MR) is 280 cm³/mol. The fourth-order valence-electron chi connectivity index (χ4n) is 9.95. The second-order valence-electron chi connectivity index (χ2n) is 16.1. The Morgan fingerprint density at radius 1 is 0.288 bits per heavy atom. The molecule has 0 atom stereocenters. The summed E-state index contributed by atoms with van der Waals surface area (Å²) in [6.45, 7) is 0. The van der Waals surface area contributed by atoms with Crippen LogP contribution < -0.4 is 81.9 Å². The lowest BCUT2D eigenvalue weighted by Crippen LogP contribution is -2.52. The topological polar surface area (TPSA) is 13.1 Å². The van der Waals surface area contributed by atoms with E-state index in [9.17, 15) is 0 Å². The van der Waals surface area contributed by atoms with Gasteiger partial charge in [-0.05, 0) is 72.8 Å². The van der Waals surface area contributed by atoms with E-state index in [2.05, 4.69) is 160 Å². The van der Waals surface area contributed by atoms with E-state index >= 15 is 0 Å². The van der Waals surface area contributed by atoms with Crippen LogP contribution in [0.15, 0.2) is 46.9 Å². The van der Waals surface area contributed by atoms with Crippen molar-refractivity contribution in [2.45, 2.75) is 0 Å². The van der Waals surface area contributed by atoms with Gasteiger partial charge in [-0.1, -0.05) is 73.4 Å². The third kappa shape index (κ3) is 4.51. The van der Waals surface area contributed by atoms with E-state index in [4.69, 9.17) is 4.42 Å². The molecule has 0 saturated carbocycles. The van der Waals surface area contributed by atoms with Gasteiger partial charge in [0.1, 0.15) is 129 Å². The Hall–Kier alpha value is -3.91. The fourth-order valence-corrected chi connectivity index (χ4v) is 9.95. The fraction of sp³-hybridized carbons (Fsp3) is 0. The molecule has 0 aliphatic carbocycles. The highest BCUT2D eigenvalue weighted by atomic mass is 16.3. The smallest absolute Gasteiger partial charge is 0.140 e. The number of fused-ring (bicyclic) bond motifs is 6. The molecular weight excluding hydrogens is 611 g/mol. The van der Waals surface area contributed by atoms with Gasteiger partial charge >= 0.3 is 0 Å². The van der Waals surface area contributed by atoms with Crippen LogP contribution in [-0.4, -0.2) is 118 Å². The number of furan rings is 1. The van der Waals surface area contributed by atoms with E-state index in [-0.39, 0.29) is 0 Å². The number of hydrogen-bond donors (Lipinski definition) is 0. The Morgan fingerprint density at radius 3 is 1.17 bits per heavy atom. The average Bonchev–Trinajstić information content (AvgIpc) is 3.51. The molecule has 0 aliphatic rings. The molecule has 1 nitrogen and oxygen atoms in total. The quantitative estimate of drug-likeness (QED) is 0.134. The molecule has 232 valence electrons. The monoisotopic (exact) mass is 650 g/mol. The molecule has 0 aliphatic heterocycles. The van der Waals surface area contributed by atoms with Crippen LogP contribution in [0.4, 0.5) is 0 Å². The number of rotatable bonds is 2. The second-order valence-corrected chi connectivity index (χ2v) is 16.1. The zero-order valence-corrected chi connectivity index (χ0v) is 33.9. The van der Waals surface area contributed by atoms with Gasteiger partial charge in [-0.25, -0.2) is 0 Å².